The van der Waals surface area contributed by atoms with Crippen LogP contribution in [0.15, 0.2) is 54.6 Å². The SMILES string of the molecule is CC(N)C(=O)NC(Cc1ccccc1)C(=O)NC(Cc1ccc(O)cc1)C(=O)NC(CCC(=O)O)C(=O)O. The van der Waals surface area contributed by atoms with Crippen LogP contribution in [0.2, 0.25) is 0 Å². The van der Waals surface area contributed by atoms with Gasteiger partial charge < -0.3 is 37.0 Å². The second kappa shape index (κ2) is 14.3. The number of aromatic hydroxyl groups is 1. The molecular weight excluding hydrogens is 496 g/mol. The van der Waals surface area contributed by atoms with Crippen LogP contribution in [0.5, 0.6) is 5.75 Å². The van der Waals surface area contributed by atoms with Crippen LogP contribution in [0.4, 0.5) is 0 Å². The molecule has 0 saturated carbocycles. The number of amides is 3. The largest absolute Gasteiger partial charge is 0.508 e. The van der Waals surface area contributed by atoms with Gasteiger partial charge in [-0.2, -0.15) is 0 Å². The summed E-state index contributed by atoms with van der Waals surface area (Å²) in [7, 11) is 0. The summed E-state index contributed by atoms with van der Waals surface area (Å²) in [5, 5.41) is 35.3. The number of carbonyl (C=O) groups excluding carboxylic acids is 3. The van der Waals surface area contributed by atoms with Crippen molar-refractivity contribution in [3.63, 3.8) is 0 Å². The topological polar surface area (TPSA) is 208 Å². The Bertz CT molecular complexity index is 1120. The van der Waals surface area contributed by atoms with Gasteiger partial charge in [0.1, 0.15) is 23.9 Å². The molecule has 4 atom stereocenters. The van der Waals surface area contributed by atoms with Crippen molar-refractivity contribution < 1.29 is 39.3 Å². The Morgan fingerprint density at radius 2 is 1.21 bits per heavy atom. The van der Waals surface area contributed by atoms with Crippen molar-refractivity contribution >= 4 is 29.7 Å². The van der Waals surface area contributed by atoms with Gasteiger partial charge in [0.15, 0.2) is 0 Å². The Morgan fingerprint density at radius 3 is 1.68 bits per heavy atom. The van der Waals surface area contributed by atoms with Crippen molar-refractivity contribution in [2.75, 3.05) is 0 Å². The lowest BCUT2D eigenvalue weighted by Gasteiger charge is -2.25. The number of rotatable bonds is 14. The molecule has 12 nitrogen and oxygen atoms in total. The molecule has 38 heavy (non-hydrogen) atoms. The van der Waals surface area contributed by atoms with Crippen LogP contribution in [0.25, 0.3) is 0 Å². The summed E-state index contributed by atoms with van der Waals surface area (Å²) < 4.78 is 0. The molecule has 2 aromatic carbocycles. The molecule has 0 saturated heterocycles. The van der Waals surface area contributed by atoms with E-state index in [1.165, 1.54) is 31.2 Å². The maximum absolute atomic E-state index is 13.3. The van der Waals surface area contributed by atoms with Gasteiger partial charge in [-0.15, -0.1) is 0 Å². The van der Waals surface area contributed by atoms with E-state index < -0.39 is 60.2 Å². The van der Waals surface area contributed by atoms with Crippen molar-refractivity contribution in [1.29, 1.82) is 0 Å². The number of phenols is 1. The monoisotopic (exact) mass is 528 g/mol. The highest BCUT2D eigenvalue weighted by Crippen LogP contribution is 2.13. The molecule has 0 heterocycles. The number of phenolic OH excluding ortho intramolecular Hbond substituents is 1. The summed E-state index contributed by atoms with van der Waals surface area (Å²) in [6.45, 7) is 1.46. The molecule has 0 aliphatic heterocycles. The molecule has 2 rings (SSSR count). The molecule has 8 N–H and O–H groups in total. The van der Waals surface area contributed by atoms with Gasteiger partial charge in [-0.1, -0.05) is 42.5 Å². The quantitative estimate of drug-likeness (QED) is 0.175. The van der Waals surface area contributed by atoms with E-state index >= 15 is 0 Å². The van der Waals surface area contributed by atoms with Crippen LogP contribution < -0.4 is 21.7 Å². The summed E-state index contributed by atoms with van der Waals surface area (Å²) >= 11 is 0. The lowest BCUT2D eigenvalue weighted by Crippen LogP contribution is -2.58. The van der Waals surface area contributed by atoms with Crippen LogP contribution in [-0.2, 0) is 36.8 Å². The Labute approximate surface area is 219 Å². The zero-order valence-electron chi connectivity index (χ0n) is 20.8. The Balaban J connectivity index is 2.29. The van der Waals surface area contributed by atoms with E-state index in [2.05, 4.69) is 16.0 Å². The number of hydrogen-bond donors (Lipinski definition) is 7. The molecule has 0 aromatic heterocycles. The highest BCUT2D eigenvalue weighted by Gasteiger charge is 2.30. The summed E-state index contributed by atoms with van der Waals surface area (Å²) in [5.41, 5.74) is 6.92. The van der Waals surface area contributed by atoms with Crippen LogP contribution in [0.3, 0.4) is 0 Å². The predicted octanol–water partition coefficient (Wildman–Crippen LogP) is -0.0716. The number of nitrogens with two attached hydrogens (primary N) is 1. The zero-order valence-corrected chi connectivity index (χ0v) is 20.8. The molecule has 0 aliphatic rings. The third-order valence-corrected chi connectivity index (χ3v) is 5.60. The summed E-state index contributed by atoms with van der Waals surface area (Å²) in [6, 6.07) is 9.89. The van der Waals surface area contributed by atoms with Gasteiger partial charge >= 0.3 is 11.9 Å². The first kappa shape index (κ1) is 29.8. The number of benzene rings is 2. The maximum atomic E-state index is 13.3. The zero-order chi connectivity index (χ0) is 28.2. The Morgan fingerprint density at radius 1 is 0.737 bits per heavy atom. The van der Waals surface area contributed by atoms with Crippen molar-refractivity contribution in [1.82, 2.24) is 16.0 Å². The molecule has 0 aliphatic carbocycles. The van der Waals surface area contributed by atoms with E-state index in [1.54, 1.807) is 30.3 Å². The molecule has 2 aromatic rings. The molecule has 12 heteroatoms. The first-order valence-electron chi connectivity index (χ1n) is 11.9. The van der Waals surface area contributed by atoms with Gasteiger partial charge in [-0.05, 0) is 36.6 Å². The van der Waals surface area contributed by atoms with Gasteiger partial charge in [-0.3, -0.25) is 19.2 Å². The molecule has 4 unspecified atom stereocenters. The lowest BCUT2D eigenvalue weighted by atomic mass is 10.0. The molecule has 0 bridgehead atoms. The minimum absolute atomic E-state index is 0.0139. The average Bonchev–Trinajstić information content (AvgIpc) is 2.86. The predicted molar refractivity (Wildman–Crippen MR) is 136 cm³/mol. The number of carboxylic acid groups (broad SMARTS) is 2. The van der Waals surface area contributed by atoms with E-state index in [0.717, 1.165) is 5.56 Å². The number of carbonyl (C=O) groups is 5. The van der Waals surface area contributed by atoms with Crippen LogP contribution in [0.1, 0.15) is 30.9 Å². The van der Waals surface area contributed by atoms with Gasteiger partial charge in [0, 0.05) is 19.3 Å². The minimum Gasteiger partial charge on any atom is -0.508 e. The molecular formula is C26H32N4O8. The van der Waals surface area contributed by atoms with E-state index in [-0.39, 0.29) is 25.0 Å². The fourth-order valence-electron chi connectivity index (χ4n) is 3.51. The summed E-state index contributed by atoms with van der Waals surface area (Å²) in [5.74, 6) is -4.82. The standard InChI is InChI=1S/C26H32N4O8/c1-15(27)23(34)29-20(13-16-5-3-2-4-6-16)25(36)30-21(14-17-7-9-18(31)10-8-17)24(35)28-19(26(37)38)11-12-22(32)33/h2-10,15,19-21,31H,11-14,27H2,1H3,(H,28,35)(H,29,34)(H,30,36)(H,32,33)(H,37,38). The van der Waals surface area contributed by atoms with Crippen molar-refractivity contribution in [3.8, 4) is 5.75 Å². The van der Waals surface area contributed by atoms with Crippen molar-refractivity contribution in [2.24, 2.45) is 5.73 Å². The van der Waals surface area contributed by atoms with E-state index in [1.807, 2.05) is 0 Å². The van der Waals surface area contributed by atoms with Gasteiger partial charge in [0.2, 0.25) is 17.7 Å². The Kier molecular flexibility index (Phi) is 11.2. The third-order valence-electron chi connectivity index (χ3n) is 5.60. The number of carboxylic acids is 2. The van der Waals surface area contributed by atoms with E-state index in [4.69, 9.17) is 10.8 Å². The highest BCUT2D eigenvalue weighted by atomic mass is 16.4. The van der Waals surface area contributed by atoms with Crippen molar-refractivity contribution in [2.45, 2.75) is 56.8 Å². The summed E-state index contributed by atoms with van der Waals surface area (Å²) in [4.78, 5) is 61.2. The number of hydrogen-bond acceptors (Lipinski definition) is 7. The molecule has 3 amide bonds. The maximum Gasteiger partial charge on any atom is 0.326 e. The van der Waals surface area contributed by atoms with Crippen molar-refractivity contribution in [3.05, 3.63) is 65.7 Å². The van der Waals surface area contributed by atoms with Crippen LogP contribution in [-0.4, -0.2) is 69.1 Å². The first-order chi connectivity index (χ1) is 18.0. The van der Waals surface area contributed by atoms with Gasteiger partial charge in [-0.25, -0.2) is 4.79 Å². The fourth-order valence-corrected chi connectivity index (χ4v) is 3.51. The van der Waals surface area contributed by atoms with E-state index in [9.17, 15) is 34.2 Å². The molecule has 204 valence electrons. The highest BCUT2D eigenvalue weighted by molar-refractivity contribution is 5.94. The molecule has 0 radical (unpaired) electrons. The summed E-state index contributed by atoms with van der Waals surface area (Å²) in [6.07, 6.45) is -0.844. The second-order valence-electron chi connectivity index (χ2n) is 8.80. The normalized spacial score (nSPS) is 13.8. The minimum atomic E-state index is -1.50. The van der Waals surface area contributed by atoms with Crippen LogP contribution in [0, 0.1) is 0 Å². The smallest absolute Gasteiger partial charge is 0.326 e. The average molecular weight is 529 g/mol. The number of nitrogens with one attached hydrogen (secondary N) is 3. The Hall–Kier alpha value is -4.45. The van der Waals surface area contributed by atoms with E-state index in [0.29, 0.717) is 5.56 Å². The first-order valence-corrected chi connectivity index (χ1v) is 11.9. The third kappa shape index (κ3) is 9.90. The molecule has 0 spiro atoms. The second-order valence-corrected chi connectivity index (χ2v) is 8.80. The molecule has 0 fully saturated rings. The van der Waals surface area contributed by atoms with Crippen LogP contribution >= 0.6 is 0 Å². The van der Waals surface area contributed by atoms with Gasteiger partial charge in [0.25, 0.3) is 0 Å². The lowest BCUT2D eigenvalue weighted by molar-refractivity contribution is -0.143. The fraction of sp³-hybridized carbons (Fsp3) is 0.346. The number of aliphatic carboxylic acids is 2. The van der Waals surface area contributed by atoms with Gasteiger partial charge in [0.05, 0.1) is 6.04 Å².